The first-order valence-electron chi connectivity index (χ1n) is 7.57. The van der Waals surface area contributed by atoms with Gasteiger partial charge in [0.25, 0.3) is 0 Å². The molecule has 1 unspecified atom stereocenters. The molecule has 1 aromatic rings. The van der Waals surface area contributed by atoms with E-state index in [-0.39, 0.29) is 11.8 Å². The summed E-state index contributed by atoms with van der Waals surface area (Å²) in [7, 11) is 1.37. The van der Waals surface area contributed by atoms with Gasteiger partial charge in [0.15, 0.2) is 0 Å². The Hall–Kier alpha value is -1.29. The maximum absolute atomic E-state index is 11.4. The Labute approximate surface area is 121 Å². The number of ether oxygens (including phenoxy) is 1. The van der Waals surface area contributed by atoms with Crippen LogP contribution in [0.3, 0.4) is 0 Å². The van der Waals surface area contributed by atoms with Crippen LogP contribution in [0.25, 0.3) is 0 Å². The van der Waals surface area contributed by atoms with Crippen LogP contribution in [0, 0.1) is 5.92 Å². The van der Waals surface area contributed by atoms with Crippen molar-refractivity contribution < 1.29 is 13.9 Å². The molecule has 1 atom stereocenters. The third kappa shape index (κ3) is 3.42. The summed E-state index contributed by atoms with van der Waals surface area (Å²) in [5.41, 5.74) is 0. The van der Waals surface area contributed by atoms with Crippen molar-refractivity contribution in [1.29, 1.82) is 0 Å². The van der Waals surface area contributed by atoms with E-state index in [2.05, 4.69) is 23.5 Å². The molecule has 4 nitrogen and oxygen atoms in total. The molecule has 0 spiro atoms. The van der Waals surface area contributed by atoms with Crippen LogP contribution >= 0.6 is 0 Å². The fourth-order valence-electron chi connectivity index (χ4n) is 3.00. The largest absolute Gasteiger partial charge is 0.463 e. The van der Waals surface area contributed by atoms with Gasteiger partial charge in [-0.3, -0.25) is 4.90 Å². The lowest BCUT2D eigenvalue weighted by Gasteiger charge is -2.35. The Morgan fingerprint density at radius 3 is 2.75 bits per heavy atom. The number of piperidine rings is 1. The van der Waals surface area contributed by atoms with Gasteiger partial charge in [-0.25, -0.2) is 4.79 Å². The number of methoxy groups -OCH3 is 1. The van der Waals surface area contributed by atoms with Crippen LogP contribution in [0.5, 0.6) is 0 Å². The van der Waals surface area contributed by atoms with Crippen LogP contribution in [0.1, 0.15) is 61.9 Å². The molecule has 0 N–H and O–H groups in total. The van der Waals surface area contributed by atoms with Gasteiger partial charge in [0.05, 0.1) is 13.2 Å². The van der Waals surface area contributed by atoms with E-state index in [9.17, 15) is 4.79 Å². The van der Waals surface area contributed by atoms with E-state index < -0.39 is 5.97 Å². The summed E-state index contributed by atoms with van der Waals surface area (Å²) >= 11 is 0. The molecule has 1 aromatic heterocycles. The molecule has 1 aliphatic heterocycles. The summed E-state index contributed by atoms with van der Waals surface area (Å²) in [6, 6.07) is 3.80. The average molecular weight is 279 g/mol. The van der Waals surface area contributed by atoms with Crippen LogP contribution in [-0.2, 0) is 4.74 Å². The molecule has 1 saturated heterocycles. The minimum absolute atomic E-state index is 0.219. The van der Waals surface area contributed by atoms with Crippen molar-refractivity contribution in [3.63, 3.8) is 0 Å². The van der Waals surface area contributed by atoms with Crippen molar-refractivity contribution in [2.75, 3.05) is 20.2 Å². The number of furan rings is 1. The smallest absolute Gasteiger partial charge is 0.373 e. The number of esters is 1. The highest BCUT2D eigenvalue weighted by Crippen LogP contribution is 2.29. The monoisotopic (exact) mass is 279 g/mol. The molecule has 1 aliphatic rings. The van der Waals surface area contributed by atoms with Gasteiger partial charge in [-0.15, -0.1) is 0 Å². The lowest BCUT2D eigenvalue weighted by molar-refractivity contribution is 0.0556. The van der Waals surface area contributed by atoms with Crippen molar-refractivity contribution in [2.24, 2.45) is 5.92 Å². The number of hydrogen-bond donors (Lipinski definition) is 0. The van der Waals surface area contributed by atoms with Gasteiger partial charge < -0.3 is 9.15 Å². The number of carbonyl (C=O) groups excluding carboxylic acids is 1. The van der Waals surface area contributed by atoms with E-state index in [1.54, 1.807) is 6.07 Å². The van der Waals surface area contributed by atoms with E-state index in [1.165, 1.54) is 32.8 Å². The third-order valence-corrected chi connectivity index (χ3v) is 4.32. The van der Waals surface area contributed by atoms with Crippen LogP contribution < -0.4 is 0 Å². The topological polar surface area (TPSA) is 42.7 Å². The summed E-state index contributed by atoms with van der Waals surface area (Å²) in [4.78, 5) is 13.8. The molecular weight excluding hydrogens is 254 g/mol. The molecule has 0 aromatic carbocycles. The Morgan fingerprint density at radius 2 is 2.15 bits per heavy atom. The van der Waals surface area contributed by atoms with Crippen molar-refractivity contribution in [3.8, 4) is 0 Å². The molecule has 1 fully saturated rings. The lowest BCUT2D eigenvalue weighted by Crippen LogP contribution is -2.35. The zero-order valence-corrected chi connectivity index (χ0v) is 12.7. The van der Waals surface area contributed by atoms with Gasteiger partial charge in [-0.05, 0) is 50.9 Å². The molecule has 2 heterocycles. The van der Waals surface area contributed by atoms with Gasteiger partial charge in [0, 0.05) is 0 Å². The Kier molecular flexibility index (Phi) is 5.24. The van der Waals surface area contributed by atoms with Gasteiger partial charge in [0.2, 0.25) is 5.76 Å². The molecule has 20 heavy (non-hydrogen) atoms. The predicted molar refractivity (Wildman–Crippen MR) is 77.7 cm³/mol. The van der Waals surface area contributed by atoms with Gasteiger partial charge in [-0.2, -0.15) is 0 Å². The second kappa shape index (κ2) is 6.93. The number of carbonyl (C=O) groups is 1. The van der Waals surface area contributed by atoms with E-state index in [1.807, 2.05) is 6.07 Å². The summed E-state index contributed by atoms with van der Waals surface area (Å²) in [6.07, 6.45) is 5.15. The van der Waals surface area contributed by atoms with Crippen molar-refractivity contribution in [2.45, 2.75) is 45.6 Å². The predicted octanol–water partition coefficient (Wildman–Crippen LogP) is 3.64. The molecule has 2 rings (SSSR count). The highest BCUT2D eigenvalue weighted by molar-refractivity contribution is 5.86. The summed E-state index contributed by atoms with van der Waals surface area (Å²) in [5, 5.41) is 0. The number of hydrogen-bond acceptors (Lipinski definition) is 4. The van der Waals surface area contributed by atoms with Crippen molar-refractivity contribution >= 4 is 5.97 Å². The summed E-state index contributed by atoms with van der Waals surface area (Å²) in [6.45, 7) is 6.62. The Bertz CT molecular complexity index is 433. The van der Waals surface area contributed by atoms with Gasteiger partial charge in [-0.1, -0.05) is 19.8 Å². The Morgan fingerprint density at radius 1 is 1.45 bits per heavy atom. The molecule has 0 radical (unpaired) electrons. The number of likely N-dealkylation sites (tertiary alicyclic amines) is 1. The average Bonchev–Trinajstić information content (AvgIpc) is 2.96. The fourth-order valence-corrected chi connectivity index (χ4v) is 3.00. The van der Waals surface area contributed by atoms with Crippen molar-refractivity contribution in [1.82, 2.24) is 4.90 Å². The molecule has 0 saturated carbocycles. The highest BCUT2D eigenvalue weighted by Gasteiger charge is 2.25. The normalized spacial score (nSPS) is 18.9. The number of nitrogens with zero attached hydrogens (tertiary/aromatic N) is 1. The zero-order chi connectivity index (χ0) is 14.5. The highest BCUT2D eigenvalue weighted by atomic mass is 16.5. The first-order chi connectivity index (χ1) is 9.65. The van der Waals surface area contributed by atoms with E-state index in [0.717, 1.165) is 24.8 Å². The second-order valence-electron chi connectivity index (χ2n) is 5.64. The van der Waals surface area contributed by atoms with E-state index in [4.69, 9.17) is 4.42 Å². The molecular formula is C16H25NO3. The van der Waals surface area contributed by atoms with Crippen LogP contribution in [0.4, 0.5) is 0 Å². The number of rotatable bonds is 5. The fraction of sp³-hybridized carbons (Fsp3) is 0.688. The maximum Gasteiger partial charge on any atom is 0.373 e. The first-order valence-corrected chi connectivity index (χ1v) is 7.57. The quantitative estimate of drug-likeness (QED) is 0.772. The van der Waals surface area contributed by atoms with E-state index >= 15 is 0 Å². The molecule has 0 bridgehead atoms. The minimum Gasteiger partial charge on any atom is -0.463 e. The minimum atomic E-state index is -0.412. The van der Waals surface area contributed by atoms with E-state index in [0.29, 0.717) is 0 Å². The maximum atomic E-state index is 11.4. The summed E-state index contributed by atoms with van der Waals surface area (Å²) in [5.74, 6) is 1.60. The first kappa shape index (κ1) is 15.1. The molecule has 112 valence electrons. The summed E-state index contributed by atoms with van der Waals surface area (Å²) < 4.78 is 10.3. The van der Waals surface area contributed by atoms with Gasteiger partial charge >= 0.3 is 5.97 Å². The van der Waals surface area contributed by atoms with Crippen LogP contribution in [-0.4, -0.2) is 31.1 Å². The van der Waals surface area contributed by atoms with Crippen LogP contribution in [0.15, 0.2) is 16.5 Å². The lowest BCUT2D eigenvalue weighted by atomic mass is 9.92. The third-order valence-electron chi connectivity index (χ3n) is 4.32. The molecule has 4 heteroatoms. The standard InChI is InChI=1S/C16H25NO3/c1-4-5-13-8-10-17(11-9-13)12(2)14-6-7-15(20-14)16(18)19-3/h6-7,12-13H,4-5,8-11H2,1-3H3. The van der Waals surface area contributed by atoms with Gasteiger partial charge in [0.1, 0.15) is 5.76 Å². The van der Waals surface area contributed by atoms with Crippen molar-refractivity contribution in [3.05, 3.63) is 23.7 Å². The molecule has 0 aliphatic carbocycles. The molecule has 0 amide bonds. The zero-order valence-electron chi connectivity index (χ0n) is 12.7. The van der Waals surface area contributed by atoms with Crippen LogP contribution in [0.2, 0.25) is 0 Å². The second-order valence-corrected chi connectivity index (χ2v) is 5.64. The Balaban J connectivity index is 1.93. The SMILES string of the molecule is CCCC1CCN(C(C)c2ccc(C(=O)OC)o2)CC1.